The number of fused-ring (bicyclic) bond motifs is 1. The van der Waals surface area contributed by atoms with Gasteiger partial charge in [0.15, 0.2) is 0 Å². The fraction of sp³-hybridized carbons (Fsp3) is 0.222. The SMILES string of the molecule is O=C(Cc1cccc2ccc(-c3cccc(C(F)(F)F)c3)nc12)Nc1cccc(N2CCOCC2)n1. The number of hydrogen-bond acceptors (Lipinski definition) is 5. The first-order valence-corrected chi connectivity index (χ1v) is 11.5. The van der Waals surface area contributed by atoms with Crippen LogP contribution in [0.4, 0.5) is 24.8 Å². The largest absolute Gasteiger partial charge is 0.416 e. The number of aromatic nitrogens is 2. The predicted octanol–water partition coefficient (Wildman–Crippen LogP) is 5.33. The van der Waals surface area contributed by atoms with E-state index in [9.17, 15) is 18.0 Å². The maximum absolute atomic E-state index is 13.2. The number of ether oxygens (including phenoxy) is 1. The summed E-state index contributed by atoms with van der Waals surface area (Å²) in [5.41, 5.74) is 1.26. The normalized spacial score (nSPS) is 14.1. The summed E-state index contributed by atoms with van der Waals surface area (Å²) in [7, 11) is 0. The van der Waals surface area contributed by atoms with Crippen molar-refractivity contribution in [1.82, 2.24) is 9.97 Å². The number of carbonyl (C=O) groups is 1. The molecule has 5 rings (SSSR count). The van der Waals surface area contributed by atoms with Crippen LogP contribution in [0.2, 0.25) is 0 Å². The number of rotatable bonds is 5. The van der Waals surface area contributed by atoms with E-state index >= 15 is 0 Å². The van der Waals surface area contributed by atoms with Crippen molar-refractivity contribution in [2.24, 2.45) is 0 Å². The fourth-order valence-electron chi connectivity index (χ4n) is 4.19. The topological polar surface area (TPSA) is 67.4 Å². The molecule has 1 saturated heterocycles. The van der Waals surface area contributed by atoms with Gasteiger partial charge in [-0.05, 0) is 35.9 Å². The second-order valence-electron chi connectivity index (χ2n) is 8.47. The third kappa shape index (κ3) is 5.31. The van der Waals surface area contributed by atoms with Crippen molar-refractivity contribution in [3.63, 3.8) is 0 Å². The van der Waals surface area contributed by atoms with Crippen LogP contribution in [0.25, 0.3) is 22.2 Å². The van der Waals surface area contributed by atoms with E-state index in [-0.39, 0.29) is 12.3 Å². The maximum Gasteiger partial charge on any atom is 0.416 e. The van der Waals surface area contributed by atoms with E-state index in [0.29, 0.717) is 41.4 Å². The summed E-state index contributed by atoms with van der Waals surface area (Å²) in [6.45, 7) is 2.74. The lowest BCUT2D eigenvalue weighted by Crippen LogP contribution is -2.36. The zero-order valence-electron chi connectivity index (χ0n) is 19.3. The molecule has 184 valence electrons. The minimum atomic E-state index is -4.44. The zero-order chi connectivity index (χ0) is 25.1. The first-order valence-electron chi connectivity index (χ1n) is 11.5. The van der Waals surface area contributed by atoms with E-state index in [4.69, 9.17) is 4.74 Å². The van der Waals surface area contributed by atoms with Gasteiger partial charge >= 0.3 is 6.18 Å². The standard InChI is InChI=1S/C27H23F3N4O2/c28-27(29,30)21-7-2-5-19(16-21)22-11-10-18-4-1-6-20(26(18)31-22)17-25(35)33-23-8-3-9-24(32-23)34-12-14-36-15-13-34/h1-11,16H,12-15,17H2,(H,32,33,35). The van der Waals surface area contributed by atoms with Crippen molar-refractivity contribution in [2.75, 3.05) is 36.5 Å². The minimum Gasteiger partial charge on any atom is -0.378 e. The number of nitrogens with one attached hydrogen (secondary N) is 1. The Morgan fingerprint density at radius 3 is 2.53 bits per heavy atom. The van der Waals surface area contributed by atoms with Crippen molar-refractivity contribution >= 4 is 28.4 Å². The van der Waals surface area contributed by atoms with Crippen LogP contribution < -0.4 is 10.2 Å². The van der Waals surface area contributed by atoms with Crippen LogP contribution in [0.15, 0.2) is 72.8 Å². The number of alkyl halides is 3. The highest BCUT2D eigenvalue weighted by molar-refractivity contribution is 5.95. The molecular weight excluding hydrogens is 469 g/mol. The van der Waals surface area contributed by atoms with E-state index < -0.39 is 11.7 Å². The van der Waals surface area contributed by atoms with Crippen LogP contribution >= 0.6 is 0 Å². The molecule has 0 bridgehead atoms. The monoisotopic (exact) mass is 492 g/mol. The molecule has 0 aliphatic carbocycles. The van der Waals surface area contributed by atoms with Crippen molar-refractivity contribution in [3.05, 3.63) is 83.9 Å². The van der Waals surface area contributed by atoms with Crippen LogP contribution in [-0.2, 0) is 22.1 Å². The number of pyridine rings is 2. The molecule has 1 N–H and O–H groups in total. The minimum absolute atomic E-state index is 0.0415. The molecule has 1 fully saturated rings. The van der Waals surface area contributed by atoms with Gasteiger partial charge in [-0.1, -0.05) is 42.5 Å². The number of carbonyl (C=O) groups excluding carboxylic acids is 1. The van der Waals surface area contributed by atoms with Gasteiger partial charge < -0.3 is 15.0 Å². The third-order valence-corrected chi connectivity index (χ3v) is 5.98. The second kappa shape index (κ2) is 9.94. The molecule has 9 heteroatoms. The van der Waals surface area contributed by atoms with E-state index in [2.05, 4.69) is 20.2 Å². The number of nitrogens with zero attached hydrogens (tertiary/aromatic N) is 3. The molecule has 0 unspecified atom stereocenters. The summed E-state index contributed by atoms with van der Waals surface area (Å²) >= 11 is 0. The zero-order valence-corrected chi connectivity index (χ0v) is 19.3. The molecule has 0 radical (unpaired) electrons. The first kappa shape index (κ1) is 23.7. The number of benzene rings is 2. The van der Waals surface area contributed by atoms with E-state index in [1.54, 1.807) is 30.3 Å². The molecular formula is C27H23F3N4O2. The van der Waals surface area contributed by atoms with Crippen molar-refractivity contribution in [2.45, 2.75) is 12.6 Å². The first-order chi connectivity index (χ1) is 17.4. The molecule has 4 aromatic rings. The Morgan fingerprint density at radius 2 is 1.72 bits per heavy atom. The maximum atomic E-state index is 13.2. The Hall–Kier alpha value is -3.98. The summed E-state index contributed by atoms with van der Waals surface area (Å²) in [4.78, 5) is 24.2. The molecule has 2 aromatic heterocycles. The van der Waals surface area contributed by atoms with Crippen LogP contribution in [0.1, 0.15) is 11.1 Å². The molecule has 0 saturated carbocycles. The predicted molar refractivity (Wildman–Crippen MR) is 132 cm³/mol. The van der Waals surface area contributed by atoms with E-state index in [0.717, 1.165) is 36.4 Å². The van der Waals surface area contributed by atoms with Gasteiger partial charge in [0.2, 0.25) is 5.91 Å². The lowest BCUT2D eigenvalue weighted by molar-refractivity contribution is -0.137. The van der Waals surface area contributed by atoms with Crippen LogP contribution in [-0.4, -0.2) is 42.2 Å². The van der Waals surface area contributed by atoms with Gasteiger partial charge in [-0.25, -0.2) is 9.97 Å². The summed E-state index contributed by atoms with van der Waals surface area (Å²) in [5.74, 6) is 0.955. The van der Waals surface area contributed by atoms with Crippen LogP contribution in [0.3, 0.4) is 0 Å². The van der Waals surface area contributed by atoms with Gasteiger partial charge in [0.1, 0.15) is 11.6 Å². The number of amides is 1. The summed E-state index contributed by atoms with van der Waals surface area (Å²) < 4.78 is 44.9. The quantitative estimate of drug-likeness (QED) is 0.408. The van der Waals surface area contributed by atoms with Crippen LogP contribution in [0.5, 0.6) is 0 Å². The molecule has 1 amide bonds. The molecule has 36 heavy (non-hydrogen) atoms. The summed E-state index contributed by atoms with van der Waals surface area (Å²) in [5, 5.41) is 3.64. The second-order valence-corrected chi connectivity index (χ2v) is 8.47. The average molecular weight is 493 g/mol. The Bertz CT molecular complexity index is 1400. The Balaban J connectivity index is 1.37. The van der Waals surface area contributed by atoms with Gasteiger partial charge in [-0.3, -0.25) is 4.79 Å². The van der Waals surface area contributed by atoms with Crippen molar-refractivity contribution in [1.29, 1.82) is 0 Å². The molecule has 6 nitrogen and oxygen atoms in total. The Kier molecular flexibility index (Phi) is 6.56. The summed E-state index contributed by atoms with van der Waals surface area (Å²) in [6.07, 6.45) is -4.40. The highest BCUT2D eigenvalue weighted by atomic mass is 19.4. The Morgan fingerprint density at radius 1 is 0.944 bits per heavy atom. The number of hydrogen-bond donors (Lipinski definition) is 1. The fourth-order valence-corrected chi connectivity index (χ4v) is 4.19. The smallest absolute Gasteiger partial charge is 0.378 e. The van der Waals surface area contributed by atoms with Crippen molar-refractivity contribution in [3.8, 4) is 11.3 Å². The molecule has 3 heterocycles. The molecule has 2 aromatic carbocycles. The molecule has 0 spiro atoms. The average Bonchev–Trinajstić information content (AvgIpc) is 2.89. The Labute approximate surface area is 205 Å². The number of anilines is 2. The molecule has 1 aliphatic heterocycles. The number of para-hydroxylation sites is 1. The number of halogens is 3. The summed E-state index contributed by atoms with van der Waals surface area (Å²) in [6, 6.07) is 19.5. The van der Waals surface area contributed by atoms with Gasteiger partial charge in [-0.2, -0.15) is 13.2 Å². The highest BCUT2D eigenvalue weighted by Gasteiger charge is 2.30. The third-order valence-electron chi connectivity index (χ3n) is 5.98. The van der Waals surface area contributed by atoms with Gasteiger partial charge in [-0.15, -0.1) is 0 Å². The van der Waals surface area contributed by atoms with Gasteiger partial charge in [0.25, 0.3) is 0 Å². The highest BCUT2D eigenvalue weighted by Crippen LogP contribution is 2.32. The van der Waals surface area contributed by atoms with Crippen molar-refractivity contribution < 1.29 is 22.7 Å². The van der Waals surface area contributed by atoms with Gasteiger partial charge in [0.05, 0.1) is 36.4 Å². The van der Waals surface area contributed by atoms with Gasteiger partial charge in [0, 0.05) is 24.0 Å². The number of morpholine rings is 1. The van der Waals surface area contributed by atoms with E-state index in [1.165, 1.54) is 6.07 Å². The lowest BCUT2D eigenvalue weighted by atomic mass is 10.0. The van der Waals surface area contributed by atoms with E-state index in [1.807, 2.05) is 24.3 Å². The molecule has 0 atom stereocenters. The lowest BCUT2D eigenvalue weighted by Gasteiger charge is -2.28. The van der Waals surface area contributed by atoms with Crippen LogP contribution in [0, 0.1) is 0 Å². The molecule has 1 aliphatic rings.